The van der Waals surface area contributed by atoms with Crippen LogP contribution in [0.1, 0.15) is 227 Å². The number of carbonyl (C=O) groups is 2. The maximum absolute atomic E-state index is 12.6. The molecule has 6 heteroatoms. The van der Waals surface area contributed by atoms with Crippen LogP contribution in [0, 0.1) is 11.3 Å². The van der Waals surface area contributed by atoms with Crippen LogP contribution in [0.3, 0.4) is 0 Å². The van der Waals surface area contributed by atoms with Crippen molar-refractivity contribution in [2.75, 3.05) is 39.5 Å². The molecule has 0 aromatic rings. The van der Waals surface area contributed by atoms with Gasteiger partial charge in [-0.3, -0.25) is 9.59 Å². The average Bonchev–Trinajstić information content (AvgIpc) is 3.11. The van der Waals surface area contributed by atoms with E-state index in [4.69, 9.17) is 9.47 Å². The predicted octanol–water partition coefficient (Wildman–Crippen LogP) is 12.8. The Kier molecular flexibility index (Phi) is 36.4. The molecule has 0 radical (unpaired) electrons. The van der Waals surface area contributed by atoms with Gasteiger partial charge < -0.3 is 19.5 Å². The van der Waals surface area contributed by atoms with Gasteiger partial charge in [-0.25, -0.2) is 0 Å². The summed E-state index contributed by atoms with van der Waals surface area (Å²) >= 11 is 0. The molecule has 0 atom stereocenters. The molecule has 0 unspecified atom stereocenters. The molecule has 0 bridgehead atoms. The molecule has 0 saturated carbocycles. The second-order valence-corrected chi connectivity index (χ2v) is 16.3. The van der Waals surface area contributed by atoms with Crippen molar-refractivity contribution in [3.63, 3.8) is 0 Å². The van der Waals surface area contributed by atoms with Gasteiger partial charge in [0.05, 0.1) is 18.6 Å². The van der Waals surface area contributed by atoms with Gasteiger partial charge in [-0.1, -0.05) is 149 Å². The van der Waals surface area contributed by atoms with Gasteiger partial charge in [-0.2, -0.15) is 0 Å². The molecule has 0 rings (SSSR count). The quantitative estimate of drug-likeness (QED) is 0.0501. The molecule has 0 aliphatic heterocycles. The molecule has 0 spiro atoms. The fourth-order valence-corrected chi connectivity index (χ4v) is 7.12. The zero-order chi connectivity index (χ0) is 37.7. The van der Waals surface area contributed by atoms with Gasteiger partial charge in [0.1, 0.15) is 0 Å². The minimum Gasteiger partial charge on any atom is -0.466 e. The van der Waals surface area contributed by atoms with Crippen molar-refractivity contribution in [3.05, 3.63) is 0 Å². The van der Waals surface area contributed by atoms with E-state index in [9.17, 15) is 14.7 Å². The highest BCUT2D eigenvalue weighted by molar-refractivity contribution is 5.75. The van der Waals surface area contributed by atoms with Crippen molar-refractivity contribution in [2.24, 2.45) is 11.3 Å². The summed E-state index contributed by atoms with van der Waals surface area (Å²) in [5.74, 6) is 0.757. The maximum atomic E-state index is 12.6. The first kappa shape index (κ1) is 49.9. The summed E-state index contributed by atoms with van der Waals surface area (Å²) in [5.41, 5.74) is -0.400. The molecule has 0 aliphatic carbocycles. The Hall–Kier alpha value is -1.14. The van der Waals surface area contributed by atoms with Crippen molar-refractivity contribution in [1.82, 2.24) is 4.90 Å². The highest BCUT2D eigenvalue weighted by Gasteiger charge is 2.28. The van der Waals surface area contributed by atoms with Gasteiger partial charge in [0, 0.05) is 13.0 Å². The monoisotopic (exact) mass is 724 g/mol. The van der Waals surface area contributed by atoms with Crippen molar-refractivity contribution in [2.45, 2.75) is 227 Å². The van der Waals surface area contributed by atoms with Gasteiger partial charge in [0.2, 0.25) is 0 Å². The predicted molar refractivity (Wildman–Crippen MR) is 218 cm³/mol. The van der Waals surface area contributed by atoms with Gasteiger partial charge in [-0.15, -0.1) is 0 Å². The first-order valence-corrected chi connectivity index (χ1v) is 22.5. The third-order valence-electron chi connectivity index (χ3n) is 10.7. The Bertz CT molecular complexity index is 747. The fraction of sp³-hybridized carbons (Fsp3) is 0.956. The van der Waals surface area contributed by atoms with E-state index in [-0.39, 0.29) is 18.5 Å². The van der Waals surface area contributed by atoms with Gasteiger partial charge >= 0.3 is 11.9 Å². The van der Waals surface area contributed by atoms with Crippen LogP contribution in [0.4, 0.5) is 0 Å². The largest absolute Gasteiger partial charge is 0.466 e. The van der Waals surface area contributed by atoms with E-state index in [1.165, 1.54) is 122 Å². The second-order valence-electron chi connectivity index (χ2n) is 16.3. The Labute approximate surface area is 318 Å². The number of esters is 2. The maximum Gasteiger partial charge on any atom is 0.311 e. The summed E-state index contributed by atoms with van der Waals surface area (Å²) in [6.07, 6.45) is 35.0. The molecule has 0 heterocycles. The zero-order valence-corrected chi connectivity index (χ0v) is 35.1. The van der Waals surface area contributed by atoms with Crippen LogP contribution in [0.2, 0.25) is 0 Å². The van der Waals surface area contributed by atoms with Crippen LogP contribution >= 0.6 is 0 Å². The number of nitrogens with zero attached hydrogens (tertiary/aromatic N) is 1. The van der Waals surface area contributed by atoms with Crippen molar-refractivity contribution in [3.8, 4) is 0 Å². The molecule has 0 aliphatic rings. The normalized spacial score (nSPS) is 11.9. The van der Waals surface area contributed by atoms with E-state index in [0.717, 1.165) is 89.8 Å². The Morgan fingerprint density at radius 2 is 0.980 bits per heavy atom. The molecule has 6 nitrogen and oxygen atoms in total. The second kappa shape index (κ2) is 37.2. The number of rotatable bonds is 40. The minimum atomic E-state index is -0.400. The van der Waals surface area contributed by atoms with Crippen LogP contribution in [-0.2, 0) is 19.1 Å². The topological polar surface area (TPSA) is 76.1 Å². The lowest BCUT2D eigenvalue weighted by atomic mass is 9.87. The van der Waals surface area contributed by atoms with Crippen molar-refractivity contribution >= 4 is 11.9 Å². The minimum absolute atomic E-state index is 0.0131. The van der Waals surface area contributed by atoms with E-state index >= 15 is 0 Å². The van der Waals surface area contributed by atoms with E-state index in [0.29, 0.717) is 19.6 Å². The summed E-state index contributed by atoms with van der Waals surface area (Å²) in [4.78, 5) is 27.5. The molecule has 0 aromatic carbocycles. The lowest BCUT2D eigenvalue weighted by molar-refractivity contribution is -0.154. The number of hydrogen-bond donors (Lipinski definition) is 1. The van der Waals surface area contributed by atoms with Crippen LogP contribution in [-0.4, -0.2) is 61.4 Å². The van der Waals surface area contributed by atoms with E-state index in [1.807, 2.05) is 13.8 Å². The summed E-state index contributed by atoms with van der Waals surface area (Å²) in [5, 5.41) is 9.27. The zero-order valence-electron chi connectivity index (χ0n) is 35.1. The van der Waals surface area contributed by atoms with Gasteiger partial charge in [0.25, 0.3) is 0 Å². The van der Waals surface area contributed by atoms with Crippen molar-refractivity contribution < 1.29 is 24.2 Å². The smallest absolute Gasteiger partial charge is 0.311 e. The SMILES string of the molecule is CCCCCCCCCOC(=O)C(C)(C)CCCCCCN(CCCCO)CCCCCCCC(=O)OCCCC(CCCCC)CCCCC. The standard InChI is InChI=1S/C45H89NO5/c1-6-9-12-13-14-20-29-40-51-44(49)45(4,5)35-24-17-19-26-37-46(38-27-28-39-47)36-25-18-15-16-23-34-43(48)50-41-30-33-42(31-21-10-7-2)32-22-11-8-3/h42,47H,6-41H2,1-5H3. The van der Waals surface area contributed by atoms with E-state index < -0.39 is 5.41 Å². The lowest BCUT2D eigenvalue weighted by Crippen LogP contribution is -2.28. The number of carbonyl (C=O) groups excluding carboxylic acids is 2. The Morgan fingerprint density at radius 3 is 1.57 bits per heavy atom. The van der Waals surface area contributed by atoms with Crippen LogP contribution in [0.15, 0.2) is 0 Å². The third-order valence-corrected chi connectivity index (χ3v) is 10.7. The van der Waals surface area contributed by atoms with Gasteiger partial charge in [-0.05, 0) is 97.2 Å². The highest BCUT2D eigenvalue weighted by atomic mass is 16.5. The average molecular weight is 724 g/mol. The lowest BCUT2D eigenvalue weighted by Gasteiger charge is -2.23. The summed E-state index contributed by atoms with van der Waals surface area (Å²) < 4.78 is 11.2. The molecule has 0 aromatic heterocycles. The summed E-state index contributed by atoms with van der Waals surface area (Å²) in [6.45, 7) is 15.6. The molecule has 304 valence electrons. The highest BCUT2D eigenvalue weighted by Crippen LogP contribution is 2.26. The molecule has 1 N–H and O–H groups in total. The molecule has 0 fully saturated rings. The Balaban J connectivity index is 4.05. The molecular weight excluding hydrogens is 634 g/mol. The van der Waals surface area contributed by atoms with Crippen molar-refractivity contribution in [1.29, 1.82) is 0 Å². The first-order valence-electron chi connectivity index (χ1n) is 22.5. The third kappa shape index (κ3) is 33.2. The molecule has 51 heavy (non-hydrogen) atoms. The fourth-order valence-electron chi connectivity index (χ4n) is 7.12. The van der Waals surface area contributed by atoms with E-state index in [1.54, 1.807) is 0 Å². The molecule has 0 amide bonds. The number of hydrogen-bond acceptors (Lipinski definition) is 6. The molecule has 0 saturated heterocycles. The summed E-state index contributed by atoms with van der Waals surface area (Å²) in [6, 6.07) is 0. The number of ether oxygens (including phenoxy) is 2. The van der Waals surface area contributed by atoms with Crippen LogP contribution in [0.25, 0.3) is 0 Å². The first-order chi connectivity index (χ1) is 24.8. The number of unbranched alkanes of at least 4 members (excludes halogenated alkanes) is 18. The Morgan fingerprint density at radius 1 is 0.529 bits per heavy atom. The summed E-state index contributed by atoms with van der Waals surface area (Å²) in [7, 11) is 0. The van der Waals surface area contributed by atoms with Gasteiger partial charge in [0.15, 0.2) is 0 Å². The number of aliphatic hydroxyl groups excluding tert-OH is 1. The number of aliphatic hydroxyl groups is 1. The van der Waals surface area contributed by atoms with Crippen LogP contribution < -0.4 is 0 Å². The van der Waals surface area contributed by atoms with E-state index in [2.05, 4.69) is 25.7 Å². The van der Waals surface area contributed by atoms with Crippen LogP contribution in [0.5, 0.6) is 0 Å². The molecular formula is C45H89NO5.